The maximum absolute atomic E-state index is 13.2. The Morgan fingerprint density at radius 2 is 2.19 bits per heavy atom. The van der Waals surface area contributed by atoms with E-state index in [1.54, 1.807) is 4.90 Å². The first-order valence-electron chi connectivity index (χ1n) is 6.80. The number of rotatable bonds is 3. The molecule has 2 rings (SSSR count). The summed E-state index contributed by atoms with van der Waals surface area (Å²) >= 11 is 5.86. The van der Waals surface area contributed by atoms with Crippen molar-refractivity contribution in [3.8, 4) is 6.07 Å². The maximum atomic E-state index is 13.2. The highest BCUT2D eigenvalue weighted by molar-refractivity contribution is 6.32. The van der Waals surface area contributed by atoms with Crippen molar-refractivity contribution in [3.63, 3.8) is 0 Å². The van der Waals surface area contributed by atoms with Crippen LogP contribution in [0.1, 0.15) is 23.7 Å². The highest BCUT2D eigenvalue weighted by Crippen LogP contribution is 2.18. The normalized spacial score (nSPS) is 17.3. The van der Waals surface area contributed by atoms with Crippen molar-refractivity contribution in [1.82, 2.24) is 14.8 Å². The van der Waals surface area contributed by atoms with Crippen molar-refractivity contribution in [2.75, 3.05) is 26.2 Å². The number of nitrogens with zero attached hydrogens (tertiary/aromatic N) is 4. The largest absolute Gasteiger partial charge is 0.336 e. The molecule has 1 amide bonds. The number of nitriles is 1. The van der Waals surface area contributed by atoms with E-state index in [0.717, 1.165) is 18.7 Å². The van der Waals surface area contributed by atoms with Gasteiger partial charge in [0.25, 0.3) is 5.91 Å². The second-order valence-corrected chi connectivity index (χ2v) is 5.23. The minimum absolute atomic E-state index is 0.00675. The summed E-state index contributed by atoms with van der Waals surface area (Å²) in [6.07, 6.45) is 1.74. The summed E-state index contributed by atoms with van der Waals surface area (Å²) in [4.78, 5) is 19.7. The minimum atomic E-state index is -0.586. The number of carbonyl (C=O) groups is 1. The highest BCUT2D eigenvalue weighted by Gasteiger charge is 2.27. The van der Waals surface area contributed by atoms with Crippen molar-refractivity contribution in [3.05, 3.63) is 28.8 Å². The molecule has 0 aromatic carbocycles. The van der Waals surface area contributed by atoms with Crippen molar-refractivity contribution in [2.45, 2.75) is 19.4 Å². The minimum Gasteiger partial charge on any atom is -0.336 e. The first-order chi connectivity index (χ1) is 10.1. The number of hydrogen-bond acceptors (Lipinski definition) is 4. The van der Waals surface area contributed by atoms with Crippen molar-refractivity contribution >= 4 is 17.5 Å². The van der Waals surface area contributed by atoms with Gasteiger partial charge in [-0.1, -0.05) is 18.5 Å². The van der Waals surface area contributed by atoms with Crippen LogP contribution in [0.25, 0.3) is 0 Å². The smallest absolute Gasteiger partial charge is 0.257 e. The topological polar surface area (TPSA) is 60.2 Å². The third-order valence-electron chi connectivity index (χ3n) is 3.61. The Hall–Kier alpha value is -1.71. The van der Waals surface area contributed by atoms with Crippen LogP contribution in [0.5, 0.6) is 0 Å². The molecule has 5 nitrogen and oxygen atoms in total. The molecule has 0 radical (unpaired) electrons. The molecule has 0 aliphatic carbocycles. The van der Waals surface area contributed by atoms with Gasteiger partial charge >= 0.3 is 0 Å². The third-order valence-corrected chi connectivity index (χ3v) is 3.92. The van der Waals surface area contributed by atoms with Crippen molar-refractivity contribution < 1.29 is 9.18 Å². The van der Waals surface area contributed by atoms with E-state index in [4.69, 9.17) is 16.9 Å². The zero-order valence-corrected chi connectivity index (χ0v) is 12.5. The average molecular weight is 311 g/mol. The molecular weight excluding hydrogens is 295 g/mol. The Bertz CT molecular complexity index is 567. The monoisotopic (exact) mass is 310 g/mol. The van der Waals surface area contributed by atoms with E-state index in [9.17, 15) is 9.18 Å². The van der Waals surface area contributed by atoms with E-state index < -0.39 is 5.82 Å². The maximum Gasteiger partial charge on any atom is 0.257 e. The average Bonchev–Trinajstić information content (AvgIpc) is 2.51. The van der Waals surface area contributed by atoms with Crippen LogP contribution in [0, 0.1) is 17.1 Å². The summed E-state index contributed by atoms with van der Waals surface area (Å²) in [5.74, 6) is -0.909. The molecule has 1 aliphatic rings. The molecule has 1 aromatic rings. The van der Waals surface area contributed by atoms with Gasteiger partial charge in [0.15, 0.2) is 0 Å². The Kier molecular flexibility index (Phi) is 5.10. The second kappa shape index (κ2) is 6.83. The summed E-state index contributed by atoms with van der Waals surface area (Å²) < 4.78 is 13.2. The zero-order chi connectivity index (χ0) is 15.4. The molecule has 0 bridgehead atoms. The van der Waals surface area contributed by atoms with Gasteiger partial charge in [0.2, 0.25) is 0 Å². The summed E-state index contributed by atoms with van der Waals surface area (Å²) in [6, 6.07) is 3.24. The van der Waals surface area contributed by atoms with Crippen LogP contribution in [0.3, 0.4) is 0 Å². The summed E-state index contributed by atoms with van der Waals surface area (Å²) in [6.45, 7) is 4.19. The first kappa shape index (κ1) is 15.7. The van der Waals surface area contributed by atoms with Gasteiger partial charge in [0, 0.05) is 26.2 Å². The first-order valence-corrected chi connectivity index (χ1v) is 7.18. The summed E-state index contributed by atoms with van der Waals surface area (Å²) in [5.41, 5.74) is 0.0810. The van der Waals surface area contributed by atoms with E-state index in [0.29, 0.717) is 26.2 Å². The van der Waals surface area contributed by atoms with Gasteiger partial charge in [-0.25, -0.2) is 9.37 Å². The lowest BCUT2D eigenvalue weighted by molar-refractivity contribution is 0.0604. The number of pyridine rings is 1. The van der Waals surface area contributed by atoms with Crippen molar-refractivity contribution in [1.29, 1.82) is 5.26 Å². The molecule has 2 heterocycles. The second-order valence-electron chi connectivity index (χ2n) is 4.87. The van der Waals surface area contributed by atoms with Gasteiger partial charge in [0.1, 0.15) is 11.0 Å². The Morgan fingerprint density at radius 1 is 1.52 bits per heavy atom. The molecule has 0 N–H and O–H groups in total. The molecular formula is C14H16ClFN4O. The fourth-order valence-corrected chi connectivity index (χ4v) is 2.59. The van der Waals surface area contributed by atoms with Crippen LogP contribution in [0.4, 0.5) is 4.39 Å². The summed E-state index contributed by atoms with van der Waals surface area (Å²) in [7, 11) is 0. The molecule has 1 fully saturated rings. The van der Waals surface area contributed by atoms with Crippen LogP contribution in [0.2, 0.25) is 5.15 Å². The Balaban J connectivity index is 2.04. The van der Waals surface area contributed by atoms with Gasteiger partial charge in [-0.3, -0.25) is 9.69 Å². The van der Waals surface area contributed by atoms with Gasteiger partial charge in [0.05, 0.1) is 23.9 Å². The molecule has 0 spiro atoms. The SMILES string of the molecule is CCC(C#N)N1CCN(C(=O)c2cc(F)cnc2Cl)CC1. The number of amides is 1. The predicted molar refractivity (Wildman–Crippen MR) is 76.4 cm³/mol. The van der Waals surface area contributed by atoms with Crippen molar-refractivity contribution in [2.24, 2.45) is 0 Å². The van der Waals surface area contributed by atoms with Crippen LogP contribution in [-0.2, 0) is 0 Å². The summed E-state index contributed by atoms with van der Waals surface area (Å²) in [5, 5.41) is 9.07. The number of hydrogen-bond donors (Lipinski definition) is 0. The quantitative estimate of drug-likeness (QED) is 0.801. The molecule has 7 heteroatoms. The highest BCUT2D eigenvalue weighted by atomic mass is 35.5. The molecule has 1 aromatic heterocycles. The van der Waals surface area contributed by atoms with Gasteiger partial charge < -0.3 is 4.90 Å². The Labute approximate surface area is 127 Å². The number of carbonyl (C=O) groups excluding carboxylic acids is 1. The molecule has 0 saturated carbocycles. The fourth-order valence-electron chi connectivity index (χ4n) is 2.41. The lowest BCUT2D eigenvalue weighted by atomic mass is 10.1. The van der Waals surface area contributed by atoms with Gasteiger partial charge in [-0.2, -0.15) is 5.26 Å². The lowest BCUT2D eigenvalue weighted by Gasteiger charge is -2.36. The Morgan fingerprint density at radius 3 is 2.76 bits per heavy atom. The molecule has 1 aliphatic heterocycles. The van der Waals surface area contributed by atoms with Gasteiger partial charge in [-0.05, 0) is 12.5 Å². The predicted octanol–water partition coefficient (Wildman–Crippen LogP) is 1.93. The molecule has 1 unspecified atom stereocenters. The standard InChI is InChI=1S/C14H16ClFN4O/c1-2-11(8-17)19-3-5-20(6-4-19)14(21)12-7-10(16)9-18-13(12)15/h7,9,11H,2-6H2,1H3. The van der Waals surface area contributed by atoms with Crippen LogP contribution < -0.4 is 0 Å². The van der Waals surface area contributed by atoms with E-state index in [-0.39, 0.29) is 22.7 Å². The van der Waals surface area contributed by atoms with Gasteiger partial charge in [-0.15, -0.1) is 0 Å². The van der Waals surface area contributed by atoms with Crippen LogP contribution in [0.15, 0.2) is 12.3 Å². The lowest BCUT2D eigenvalue weighted by Crippen LogP contribution is -2.51. The fraction of sp³-hybridized carbons (Fsp3) is 0.500. The third kappa shape index (κ3) is 3.49. The van der Waals surface area contributed by atoms with E-state index >= 15 is 0 Å². The number of aromatic nitrogens is 1. The van der Waals surface area contributed by atoms with Crippen LogP contribution in [-0.4, -0.2) is 52.9 Å². The molecule has 1 atom stereocenters. The number of piperazine rings is 1. The zero-order valence-electron chi connectivity index (χ0n) is 11.7. The van der Waals surface area contributed by atoms with Crippen LogP contribution >= 0.6 is 11.6 Å². The molecule has 21 heavy (non-hydrogen) atoms. The molecule has 112 valence electrons. The van der Waals surface area contributed by atoms with E-state index in [2.05, 4.69) is 16.0 Å². The van der Waals surface area contributed by atoms with E-state index in [1.807, 2.05) is 6.92 Å². The van der Waals surface area contributed by atoms with E-state index in [1.165, 1.54) is 0 Å². The molecule has 1 saturated heterocycles. The number of halogens is 2.